The van der Waals surface area contributed by atoms with Gasteiger partial charge in [0.15, 0.2) is 5.84 Å². The summed E-state index contributed by atoms with van der Waals surface area (Å²) in [4.78, 5) is 27.5. The minimum absolute atomic E-state index is 0.0151. The number of anilines is 1. The average molecular weight is 462 g/mol. The number of oxime groups is 1. The van der Waals surface area contributed by atoms with Gasteiger partial charge in [-0.25, -0.2) is 13.2 Å². The average Bonchev–Trinajstić information content (AvgIpc) is 2.79. The van der Waals surface area contributed by atoms with E-state index in [-0.39, 0.29) is 42.3 Å². The van der Waals surface area contributed by atoms with Gasteiger partial charge in [0, 0.05) is 36.5 Å². The molecule has 0 amide bonds. The standard InChI is InChI=1S/C20H23N5O6S/c1-13-17(3-2-4-18(13)21)19(22)23-31-20(26)14-9-11-24(12-10-14)32(29,30)16-7-5-15(6-8-16)25(27)28/h2-8,14H,9-12,21H2,1H3,(H2,22,23). The van der Waals surface area contributed by atoms with Gasteiger partial charge >= 0.3 is 5.97 Å². The first-order valence-corrected chi connectivity index (χ1v) is 11.2. The number of rotatable bonds is 6. The molecule has 0 atom stereocenters. The van der Waals surface area contributed by atoms with Crippen molar-refractivity contribution in [2.24, 2.45) is 16.8 Å². The van der Waals surface area contributed by atoms with Gasteiger partial charge in [-0.1, -0.05) is 17.3 Å². The predicted octanol–water partition coefficient (Wildman–Crippen LogP) is 1.75. The van der Waals surface area contributed by atoms with Gasteiger partial charge in [0.05, 0.1) is 15.7 Å². The molecular formula is C20H23N5O6S. The minimum atomic E-state index is -3.83. The van der Waals surface area contributed by atoms with Crippen molar-refractivity contribution in [3.8, 4) is 0 Å². The fraction of sp³-hybridized carbons (Fsp3) is 0.300. The predicted molar refractivity (Wildman–Crippen MR) is 117 cm³/mol. The molecule has 1 aliphatic heterocycles. The Labute approximate surface area is 184 Å². The second-order valence-corrected chi connectivity index (χ2v) is 9.27. The Bertz CT molecular complexity index is 1160. The van der Waals surface area contributed by atoms with Crippen LogP contribution >= 0.6 is 0 Å². The van der Waals surface area contributed by atoms with Crippen molar-refractivity contribution in [3.63, 3.8) is 0 Å². The Morgan fingerprint density at radius 3 is 2.41 bits per heavy atom. The maximum absolute atomic E-state index is 12.8. The zero-order chi connectivity index (χ0) is 23.5. The summed E-state index contributed by atoms with van der Waals surface area (Å²) in [6, 6.07) is 9.82. The summed E-state index contributed by atoms with van der Waals surface area (Å²) in [5, 5.41) is 14.5. The van der Waals surface area contributed by atoms with E-state index in [1.807, 2.05) is 0 Å². The second-order valence-electron chi connectivity index (χ2n) is 7.34. The molecule has 0 unspecified atom stereocenters. The first-order valence-electron chi connectivity index (χ1n) is 9.75. The van der Waals surface area contributed by atoms with Gasteiger partial charge in [-0.3, -0.25) is 10.1 Å². The second kappa shape index (κ2) is 9.32. The van der Waals surface area contributed by atoms with Gasteiger partial charge in [-0.05, 0) is 43.5 Å². The third kappa shape index (κ3) is 4.86. The van der Waals surface area contributed by atoms with Crippen LogP contribution in [0.25, 0.3) is 0 Å². The summed E-state index contributed by atoms with van der Waals surface area (Å²) in [5.74, 6) is -1.11. The number of benzene rings is 2. The lowest BCUT2D eigenvalue weighted by molar-refractivity contribution is -0.384. The quantitative estimate of drug-likeness (QED) is 0.163. The van der Waals surface area contributed by atoms with Crippen molar-refractivity contribution in [1.82, 2.24) is 4.31 Å². The van der Waals surface area contributed by atoms with E-state index in [0.29, 0.717) is 11.3 Å². The van der Waals surface area contributed by atoms with Gasteiger partial charge in [-0.2, -0.15) is 4.31 Å². The van der Waals surface area contributed by atoms with E-state index in [0.717, 1.165) is 17.7 Å². The zero-order valence-corrected chi connectivity index (χ0v) is 18.1. The summed E-state index contributed by atoms with van der Waals surface area (Å²) in [7, 11) is -3.83. The number of hydrogen-bond donors (Lipinski definition) is 2. The molecule has 11 nitrogen and oxygen atoms in total. The highest BCUT2D eigenvalue weighted by Gasteiger charge is 2.33. The molecule has 1 fully saturated rings. The highest BCUT2D eigenvalue weighted by Crippen LogP contribution is 2.26. The SMILES string of the molecule is Cc1c(N)cccc1/C(N)=N/OC(=O)C1CCN(S(=O)(=O)c2ccc([N+](=O)[O-])cc2)CC1. The first-order chi connectivity index (χ1) is 15.1. The summed E-state index contributed by atoms with van der Waals surface area (Å²) < 4.78 is 26.8. The summed E-state index contributed by atoms with van der Waals surface area (Å²) in [6.07, 6.45) is 0.496. The molecule has 1 aliphatic rings. The van der Waals surface area contributed by atoms with E-state index >= 15 is 0 Å². The van der Waals surface area contributed by atoms with Crippen LogP contribution in [0.5, 0.6) is 0 Å². The molecule has 0 radical (unpaired) electrons. The van der Waals surface area contributed by atoms with Crippen molar-refractivity contribution in [2.45, 2.75) is 24.7 Å². The van der Waals surface area contributed by atoms with Crippen LogP contribution in [0.1, 0.15) is 24.0 Å². The lowest BCUT2D eigenvalue weighted by Crippen LogP contribution is -2.40. The van der Waals surface area contributed by atoms with Gasteiger partial charge < -0.3 is 16.3 Å². The molecule has 4 N–H and O–H groups in total. The van der Waals surface area contributed by atoms with Crippen LogP contribution in [0.3, 0.4) is 0 Å². The Kier molecular flexibility index (Phi) is 6.75. The van der Waals surface area contributed by atoms with E-state index in [9.17, 15) is 23.3 Å². The third-order valence-corrected chi connectivity index (χ3v) is 7.27. The maximum atomic E-state index is 12.8. The van der Waals surface area contributed by atoms with Crippen LogP contribution in [0, 0.1) is 23.0 Å². The maximum Gasteiger partial charge on any atom is 0.338 e. The smallest absolute Gasteiger partial charge is 0.338 e. The summed E-state index contributed by atoms with van der Waals surface area (Å²) in [6.45, 7) is 1.98. The fourth-order valence-corrected chi connectivity index (χ4v) is 4.84. The number of nitrogens with zero attached hydrogens (tertiary/aromatic N) is 3. The molecule has 3 rings (SSSR count). The van der Waals surface area contributed by atoms with E-state index in [1.165, 1.54) is 16.4 Å². The van der Waals surface area contributed by atoms with Crippen molar-refractivity contribution in [3.05, 3.63) is 63.7 Å². The lowest BCUT2D eigenvalue weighted by atomic mass is 9.99. The third-order valence-electron chi connectivity index (χ3n) is 5.36. The number of carbonyl (C=O) groups is 1. The zero-order valence-electron chi connectivity index (χ0n) is 17.3. The molecule has 12 heteroatoms. The highest BCUT2D eigenvalue weighted by atomic mass is 32.2. The molecule has 0 spiro atoms. The number of nitro benzene ring substituents is 1. The number of carbonyl (C=O) groups excluding carboxylic acids is 1. The normalized spacial score (nSPS) is 16.0. The topological polar surface area (TPSA) is 171 Å². The molecule has 0 aromatic heterocycles. The van der Waals surface area contributed by atoms with E-state index in [1.54, 1.807) is 25.1 Å². The first kappa shape index (κ1) is 23.2. The van der Waals surface area contributed by atoms with Crippen LogP contribution < -0.4 is 11.5 Å². The minimum Gasteiger partial charge on any atom is -0.398 e. The molecule has 1 saturated heterocycles. The van der Waals surface area contributed by atoms with Gasteiger partial charge in [-0.15, -0.1) is 0 Å². The molecule has 32 heavy (non-hydrogen) atoms. The molecule has 2 aromatic carbocycles. The lowest BCUT2D eigenvalue weighted by Gasteiger charge is -2.29. The van der Waals surface area contributed by atoms with Gasteiger partial charge in [0.1, 0.15) is 0 Å². The molecule has 2 aromatic rings. The van der Waals surface area contributed by atoms with Crippen molar-refractivity contribution < 1.29 is 23.0 Å². The van der Waals surface area contributed by atoms with E-state index in [2.05, 4.69) is 5.16 Å². The molecule has 170 valence electrons. The molecule has 0 aliphatic carbocycles. The number of piperidine rings is 1. The number of nitrogen functional groups attached to an aromatic ring is 1. The molecule has 0 bridgehead atoms. The largest absolute Gasteiger partial charge is 0.398 e. The number of nitro groups is 1. The summed E-state index contributed by atoms with van der Waals surface area (Å²) >= 11 is 0. The van der Waals surface area contributed by atoms with Gasteiger partial charge in [0.2, 0.25) is 10.0 Å². The van der Waals surface area contributed by atoms with Crippen molar-refractivity contribution >= 4 is 33.2 Å². The van der Waals surface area contributed by atoms with Crippen LogP contribution in [-0.2, 0) is 19.7 Å². The van der Waals surface area contributed by atoms with Crippen LogP contribution in [0.4, 0.5) is 11.4 Å². The van der Waals surface area contributed by atoms with Gasteiger partial charge in [0.25, 0.3) is 5.69 Å². The summed E-state index contributed by atoms with van der Waals surface area (Å²) in [5.41, 5.74) is 13.4. The Balaban J connectivity index is 1.60. The van der Waals surface area contributed by atoms with E-state index in [4.69, 9.17) is 16.3 Å². The number of nitrogens with two attached hydrogens (primary N) is 2. The van der Waals surface area contributed by atoms with Crippen LogP contribution in [-0.4, -0.2) is 42.5 Å². The number of amidine groups is 1. The molecular weight excluding hydrogens is 438 g/mol. The number of sulfonamides is 1. The fourth-order valence-electron chi connectivity index (χ4n) is 3.37. The Morgan fingerprint density at radius 2 is 1.81 bits per heavy atom. The Hall–Kier alpha value is -3.51. The Morgan fingerprint density at radius 1 is 1.19 bits per heavy atom. The number of hydrogen-bond acceptors (Lipinski definition) is 8. The van der Waals surface area contributed by atoms with Crippen molar-refractivity contribution in [1.29, 1.82) is 0 Å². The highest BCUT2D eigenvalue weighted by molar-refractivity contribution is 7.89. The van der Waals surface area contributed by atoms with Crippen molar-refractivity contribution in [2.75, 3.05) is 18.8 Å². The monoisotopic (exact) mass is 461 g/mol. The molecule has 1 heterocycles. The van der Waals surface area contributed by atoms with Crippen LogP contribution in [0.2, 0.25) is 0 Å². The molecule has 0 saturated carbocycles. The van der Waals surface area contributed by atoms with E-state index < -0.39 is 26.8 Å². The van der Waals surface area contributed by atoms with Crippen LogP contribution in [0.15, 0.2) is 52.5 Å². The number of non-ortho nitro benzene ring substituents is 1.